The Labute approximate surface area is 120 Å². The predicted octanol–water partition coefficient (Wildman–Crippen LogP) is 5.07. The molecular formula is C19H20O. The lowest BCUT2D eigenvalue weighted by atomic mass is 10.0. The van der Waals surface area contributed by atoms with Gasteiger partial charge in [-0.3, -0.25) is 0 Å². The summed E-state index contributed by atoms with van der Waals surface area (Å²) in [5.41, 5.74) is 4.45. The van der Waals surface area contributed by atoms with Gasteiger partial charge in [0.15, 0.2) is 0 Å². The lowest BCUT2D eigenvalue weighted by Crippen LogP contribution is -1.88. The number of hydrogen-bond donors (Lipinski definition) is 1. The summed E-state index contributed by atoms with van der Waals surface area (Å²) in [5, 5.41) is 10.0. The Morgan fingerprint density at radius 1 is 0.950 bits per heavy atom. The van der Waals surface area contributed by atoms with Gasteiger partial charge in [-0.05, 0) is 37.5 Å². The molecule has 0 amide bonds. The highest BCUT2D eigenvalue weighted by Crippen LogP contribution is 2.24. The molecule has 0 aromatic heterocycles. The van der Waals surface area contributed by atoms with Crippen LogP contribution in [0.3, 0.4) is 0 Å². The molecular weight excluding hydrogens is 244 g/mol. The van der Waals surface area contributed by atoms with Crippen molar-refractivity contribution in [1.29, 1.82) is 0 Å². The van der Waals surface area contributed by atoms with Crippen LogP contribution in [0.5, 0.6) is 5.75 Å². The van der Waals surface area contributed by atoms with Gasteiger partial charge < -0.3 is 5.11 Å². The van der Waals surface area contributed by atoms with Gasteiger partial charge in [0, 0.05) is 5.56 Å². The van der Waals surface area contributed by atoms with E-state index in [1.54, 1.807) is 6.07 Å². The molecule has 0 aliphatic carbocycles. The van der Waals surface area contributed by atoms with Crippen LogP contribution in [0.2, 0.25) is 0 Å². The number of hydrogen-bond acceptors (Lipinski definition) is 1. The van der Waals surface area contributed by atoms with Crippen LogP contribution in [0.4, 0.5) is 0 Å². The second kappa shape index (κ2) is 6.76. The molecule has 0 aliphatic rings. The molecule has 0 radical (unpaired) electrons. The minimum Gasteiger partial charge on any atom is -0.508 e. The van der Waals surface area contributed by atoms with Crippen molar-refractivity contribution in [2.75, 3.05) is 0 Å². The Kier molecular flexibility index (Phi) is 4.78. The van der Waals surface area contributed by atoms with Crippen LogP contribution in [-0.4, -0.2) is 5.11 Å². The van der Waals surface area contributed by atoms with Gasteiger partial charge in [0.25, 0.3) is 0 Å². The number of phenolic OH excluding ortho intramolecular Hbond substituents is 1. The summed E-state index contributed by atoms with van der Waals surface area (Å²) in [6, 6.07) is 15.8. The van der Waals surface area contributed by atoms with Crippen molar-refractivity contribution >= 4 is 12.2 Å². The van der Waals surface area contributed by atoms with Crippen LogP contribution in [0.1, 0.15) is 30.5 Å². The number of benzene rings is 2. The third-order valence-electron chi connectivity index (χ3n) is 3.16. The van der Waals surface area contributed by atoms with Gasteiger partial charge in [-0.1, -0.05) is 66.3 Å². The third-order valence-corrected chi connectivity index (χ3v) is 3.16. The van der Waals surface area contributed by atoms with Gasteiger partial charge in [0.1, 0.15) is 5.75 Å². The van der Waals surface area contributed by atoms with Gasteiger partial charge >= 0.3 is 0 Å². The molecule has 2 rings (SSSR count). The summed E-state index contributed by atoms with van der Waals surface area (Å²) in [7, 11) is 0. The Bertz CT molecular complexity index is 617. The van der Waals surface area contributed by atoms with E-state index in [4.69, 9.17) is 0 Å². The quantitative estimate of drug-likeness (QED) is 0.603. The number of allylic oxidation sites excluding steroid dienone is 2. The summed E-state index contributed by atoms with van der Waals surface area (Å²) < 4.78 is 0. The Balaban J connectivity index is 2.30. The molecule has 2 aromatic carbocycles. The molecule has 0 aliphatic heterocycles. The first-order valence-corrected chi connectivity index (χ1v) is 6.84. The first-order chi connectivity index (χ1) is 9.66. The van der Waals surface area contributed by atoms with Crippen molar-refractivity contribution < 1.29 is 5.11 Å². The topological polar surface area (TPSA) is 20.2 Å². The van der Waals surface area contributed by atoms with Gasteiger partial charge in [-0.25, -0.2) is 0 Å². The maximum absolute atomic E-state index is 10.0. The largest absolute Gasteiger partial charge is 0.508 e. The van der Waals surface area contributed by atoms with Crippen molar-refractivity contribution in [2.24, 2.45) is 0 Å². The summed E-state index contributed by atoms with van der Waals surface area (Å²) >= 11 is 0. The lowest BCUT2D eigenvalue weighted by molar-refractivity contribution is 0.469. The van der Waals surface area contributed by atoms with E-state index >= 15 is 0 Å². The second-order valence-electron chi connectivity index (χ2n) is 5.07. The standard InChI is InChI=1S/C19H20O/c1-15(2)11-14-18-17(9-6-10-19(18)20)13-12-16-7-4-3-5-8-16/h3-13,20H,14H2,1-2H3. The Morgan fingerprint density at radius 2 is 1.70 bits per heavy atom. The molecule has 0 unspecified atom stereocenters. The molecule has 0 bridgehead atoms. The monoisotopic (exact) mass is 264 g/mol. The van der Waals surface area contributed by atoms with Crippen LogP contribution in [0.25, 0.3) is 12.2 Å². The first kappa shape index (κ1) is 14.1. The van der Waals surface area contributed by atoms with E-state index in [0.717, 1.165) is 23.1 Å². The minimum absolute atomic E-state index is 0.359. The van der Waals surface area contributed by atoms with Crippen molar-refractivity contribution in [3.8, 4) is 5.75 Å². The highest BCUT2D eigenvalue weighted by atomic mass is 16.3. The van der Waals surface area contributed by atoms with Crippen LogP contribution >= 0.6 is 0 Å². The SMILES string of the molecule is CC(C)=CCc1c(O)cccc1C=Cc1ccccc1. The second-order valence-corrected chi connectivity index (χ2v) is 5.07. The summed E-state index contributed by atoms with van der Waals surface area (Å²) in [5.74, 6) is 0.359. The molecule has 1 nitrogen and oxygen atoms in total. The van der Waals surface area contributed by atoms with Gasteiger partial charge in [-0.2, -0.15) is 0 Å². The minimum atomic E-state index is 0.359. The molecule has 0 atom stereocenters. The fourth-order valence-electron chi connectivity index (χ4n) is 2.03. The predicted molar refractivity (Wildman–Crippen MR) is 86.6 cm³/mol. The maximum Gasteiger partial charge on any atom is 0.119 e. The Hall–Kier alpha value is -2.28. The van der Waals surface area contributed by atoms with Crippen molar-refractivity contribution in [3.63, 3.8) is 0 Å². The van der Waals surface area contributed by atoms with Gasteiger partial charge in [-0.15, -0.1) is 0 Å². The summed E-state index contributed by atoms with van der Waals surface area (Å²) in [6.45, 7) is 4.14. The van der Waals surface area contributed by atoms with Gasteiger partial charge in [0.05, 0.1) is 0 Å². The first-order valence-electron chi connectivity index (χ1n) is 6.84. The Morgan fingerprint density at radius 3 is 2.40 bits per heavy atom. The van der Waals surface area contributed by atoms with E-state index < -0.39 is 0 Å². The summed E-state index contributed by atoms with van der Waals surface area (Å²) in [4.78, 5) is 0. The fraction of sp³-hybridized carbons (Fsp3) is 0.158. The van der Waals surface area contributed by atoms with Crippen LogP contribution in [0, 0.1) is 0 Å². The molecule has 1 heteroatoms. The normalized spacial score (nSPS) is 10.7. The molecule has 0 fully saturated rings. The lowest BCUT2D eigenvalue weighted by Gasteiger charge is -2.07. The molecule has 0 heterocycles. The zero-order valence-electron chi connectivity index (χ0n) is 12.0. The average molecular weight is 264 g/mol. The maximum atomic E-state index is 10.0. The van der Waals surface area contributed by atoms with E-state index in [1.807, 2.05) is 30.3 Å². The zero-order chi connectivity index (χ0) is 14.4. The van der Waals surface area contributed by atoms with E-state index in [0.29, 0.717) is 5.75 Å². The molecule has 1 N–H and O–H groups in total. The molecule has 102 valence electrons. The zero-order valence-corrected chi connectivity index (χ0v) is 12.0. The van der Waals surface area contributed by atoms with E-state index in [-0.39, 0.29) is 0 Å². The van der Waals surface area contributed by atoms with Crippen molar-refractivity contribution in [1.82, 2.24) is 0 Å². The molecule has 20 heavy (non-hydrogen) atoms. The van der Waals surface area contributed by atoms with Crippen LogP contribution < -0.4 is 0 Å². The number of phenols is 1. The highest BCUT2D eigenvalue weighted by molar-refractivity contribution is 5.72. The number of aromatic hydroxyl groups is 1. The van der Waals surface area contributed by atoms with Crippen molar-refractivity contribution in [3.05, 3.63) is 76.9 Å². The molecule has 0 saturated heterocycles. The summed E-state index contributed by atoms with van der Waals surface area (Å²) in [6.07, 6.45) is 7.02. The van der Waals surface area contributed by atoms with E-state index in [2.05, 4.69) is 44.2 Å². The fourth-order valence-corrected chi connectivity index (χ4v) is 2.03. The van der Waals surface area contributed by atoms with E-state index in [1.165, 1.54) is 5.57 Å². The molecule has 0 saturated carbocycles. The van der Waals surface area contributed by atoms with Gasteiger partial charge in [0.2, 0.25) is 0 Å². The molecule has 0 spiro atoms. The highest BCUT2D eigenvalue weighted by Gasteiger charge is 2.03. The third kappa shape index (κ3) is 3.86. The van der Waals surface area contributed by atoms with Crippen molar-refractivity contribution in [2.45, 2.75) is 20.3 Å². The van der Waals surface area contributed by atoms with E-state index in [9.17, 15) is 5.11 Å². The van der Waals surface area contributed by atoms with Crippen LogP contribution in [0.15, 0.2) is 60.2 Å². The smallest absolute Gasteiger partial charge is 0.119 e. The number of rotatable bonds is 4. The average Bonchev–Trinajstić information content (AvgIpc) is 2.45. The molecule has 2 aromatic rings. The van der Waals surface area contributed by atoms with Crippen LogP contribution in [-0.2, 0) is 6.42 Å².